The van der Waals surface area contributed by atoms with E-state index in [9.17, 15) is 4.79 Å². The second-order valence-corrected chi connectivity index (χ2v) is 10.4. The van der Waals surface area contributed by atoms with Crippen LogP contribution < -0.4 is 10.2 Å². The summed E-state index contributed by atoms with van der Waals surface area (Å²) in [6.07, 6.45) is 2.07. The molecule has 5 nitrogen and oxygen atoms in total. The van der Waals surface area contributed by atoms with E-state index in [0.29, 0.717) is 21.6 Å². The summed E-state index contributed by atoms with van der Waals surface area (Å²) < 4.78 is 0. The molecule has 7 heteroatoms. The fourth-order valence-corrected chi connectivity index (χ4v) is 5.33. The topological polar surface area (TPSA) is 58.1 Å². The summed E-state index contributed by atoms with van der Waals surface area (Å²) in [7, 11) is 0. The number of halogens is 1. The molecule has 0 aliphatic rings. The lowest BCUT2D eigenvalue weighted by Crippen LogP contribution is -2.29. The maximum atomic E-state index is 13.3. The molecule has 1 heterocycles. The highest BCUT2D eigenvalue weighted by atomic mass is 35.5. The molecular weight excluding hydrogens is 512 g/mol. The molecule has 0 saturated carbocycles. The highest BCUT2D eigenvalue weighted by molar-refractivity contribution is 7.98. The summed E-state index contributed by atoms with van der Waals surface area (Å²) in [5.74, 6) is 1.37. The first-order valence-corrected chi connectivity index (χ1v) is 14.4. The standard InChI is InChI=1S/C31H33ClN4OS/c1-3-18-36(19-4-2)28-21-27(32)33-31(34-28)38-22-23-12-11-17-26(20-23)30(37)35-29(24-13-7-5-8-14-24)25-15-9-6-10-16-25/h5-17,20-21,29H,3-4,18-19,22H2,1-2H3,(H,35,37). The Kier molecular flexibility index (Phi) is 10.2. The van der Waals surface area contributed by atoms with Crippen LogP contribution >= 0.6 is 23.4 Å². The maximum absolute atomic E-state index is 13.3. The zero-order valence-electron chi connectivity index (χ0n) is 21.8. The highest BCUT2D eigenvalue weighted by Crippen LogP contribution is 2.26. The van der Waals surface area contributed by atoms with Gasteiger partial charge in [0, 0.05) is 30.5 Å². The number of amides is 1. The van der Waals surface area contributed by atoms with Gasteiger partial charge < -0.3 is 10.2 Å². The van der Waals surface area contributed by atoms with E-state index in [2.05, 4.69) is 29.0 Å². The van der Waals surface area contributed by atoms with Gasteiger partial charge >= 0.3 is 0 Å². The van der Waals surface area contributed by atoms with Crippen LogP contribution in [-0.4, -0.2) is 29.0 Å². The van der Waals surface area contributed by atoms with E-state index in [0.717, 1.165) is 48.4 Å². The minimum atomic E-state index is -0.240. The quantitative estimate of drug-likeness (QED) is 0.113. The van der Waals surface area contributed by atoms with E-state index in [1.165, 1.54) is 11.8 Å². The van der Waals surface area contributed by atoms with Crippen molar-refractivity contribution in [1.82, 2.24) is 15.3 Å². The molecule has 3 aromatic carbocycles. The fourth-order valence-electron chi connectivity index (χ4n) is 4.31. The van der Waals surface area contributed by atoms with Crippen molar-refractivity contribution in [2.75, 3.05) is 18.0 Å². The minimum Gasteiger partial charge on any atom is -0.356 e. The molecular formula is C31H33ClN4OS. The molecule has 1 N–H and O–H groups in total. The summed E-state index contributed by atoms with van der Waals surface area (Å²) in [5.41, 5.74) is 3.70. The number of carbonyl (C=O) groups excluding carboxylic acids is 1. The highest BCUT2D eigenvalue weighted by Gasteiger charge is 2.18. The Morgan fingerprint density at radius 1 is 0.868 bits per heavy atom. The number of thioether (sulfide) groups is 1. The number of benzene rings is 3. The first-order chi connectivity index (χ1) is 18.6. The van der Waals surface area contributed by atoms with Gasteiger partial charge in [-0.2, -0.15) is 0 Å². The number of rotatable bonds is 12. The molecule has 4 aromatic rings. The van der Waals surface area contributed by atoms with E-state index in [-0.39, 0.29) is 11.9 Å². The summed E-state index contributed by atoms with van der Waals surface area (Å²) >= 11 is 7.87. The van der Waals surface area contributed by atoms with Gasteiger partial charge in [0.25, 0.3) is 5.91 Å². The first kappa shape index (κ1) is 27.7. The van der Waals surface area contributed by atoms with Gasteiger partial charge in [-0.3, -0.25) is 4.79 Å². The van der Waals surface area contributed by atoms with Crippen LogP contribution in [0, 0.1) is 0 Å². The Labute approximate surface area is 234 Å². The van der Waals surface area contributed by atoms with Crippen molar-refractivity contribution in [3.05, 3.63) is 118 Å². The van der Waals surface area contributed by atoms with Crippen LogP contribution in [0.1, 0.15) is 59.8 Å². The Bertz CT molecular complexity index is 1270. The fraction of sp³-hybridized carbons (Fsp3) is 0.258. The van der Waals surface area contributed by atoms with Gasteiger partial charge in [0.2, 0.25) is 0 Å². The molecule has 0 radical (unpaired) electrons. The molecule has 0 saturated heterocycles. The number of aromatic nitrogens is 2. The van der Waals surface area contributed by atoms with E-state index >= 15 is 0 Å². The second kappa shape index (κ2) is 14.0. The number of hydrogen-bond donors (Lipinski definition) is 1. The van der Waals surface area contributed by atoms with Crippen molar-refractivity contribution < 1.29 is 4.79 Å². The number of hydrogen-bond acceptors (Lipinski definition) is 5. The zero-order chi connectivity index (χ0) is 26.7. The van der Waals surface area contributed by atoms with Gasteiger partial charge in [0.1, 0.15) is 11.0 Å². The first-order valence-electron chi connectivity index (χ1n) is 13.0. The van der Waals surface area contributed by atoms with Crippen molar-refractivity contribution in [1.29, 1.82) is 0 Å². The third-order valence-corrected chi connectivity index (χ3v) is 7.18. The van der Waals surface area contributed by atoms with E-state index in [1.54, 1.807) is 0 Å². The molecule has 0 aliphatic carbocycles. The molecule has 0 fully saturated rings. The molecule has 38 heavy (non-hydrogen) atoms. The van der Waals surface area contributed by atoms with Crippen molar-refractivity contribution >= 4 is 35.1 Å². The zero-order valence-corrected chi connectivity index (χ0v) is 23.4. The van der Waals surface area contributed by atoms with Crippen molar-refractivity contribution in [2.24, 2.45) is 0 Å². The van der Waals surface area contributed by atoms with Crippen LogP contribution in [0.25, 0.3) is 0 Å². The summed E-state index contributed by atoms with van der Waals surface area (Å²) in [5, 5.41) is 4.30. The molecule has 0 bridgehead atoms. The van der Waals surface area contributed by atoms with Gasteiger partial charge in [-0.15, -0.1) is 0 Å². The van der Waals surface area contributed by atoms with Crippen LogP contribution in [0.2, 0.25) is 5.15 Å². The van der Waals surface area contributed by atoms with Gasteiger partial charge in [-0.05, 0) is 41.7 Å². The van der Waals surface area contributed by atoms with Gasteiger partial charge in [0.15, 0.2) is 5.16 Å². The predicted octanol–water partition coefficient (Wildman–Crippen LogP) is 7.57. The van der Waals surface area contributed by atoms with E-state index in [4.69, 9.17) is 16.6 Å². The van der Waals surface area contributed by atoms with Crippen LogP contribution in [0.5, 0.6) is 0 Å². The van der Waals surface area contributed by atoms with Crippen LogP contribution in [0.4, 0.5) is 5.82 Å². The van der Waals surface area contributed by atoms with E-state index in [1.807, 2.05) is 91.0 Å². The number of anilines is 1. The van der Waals surface area contributed by atoms with Crippen molar-refractivity contribution in [3.8, 4) is 0 Å². The van der Waals surface area contributed by atoms with Crippen LogP contribution in [0.15, 0.2) is 96.2 Å². The predicted molar refractivity (Wildman–Crippen MR) is 158 cm³/mol. The average molecular weight is 545 g/mol. The Balaban J connectivity index is 1.48. The lowest BCUT2D eigenvalue weighted by Gasteiger charge is -2.22. The molecule has 1 amide bonds. The molecule has 196 valence electrons. The summed E-state index contributed by atoms with van der Waals surface area (Å²) in [6, 6.07) is 29.3. The lowest BCUT2D eigenvalue weighted by molar-refractivity contribution is 0.0943. The number of carbonyl (C=O) groups is 1. The number of nitrogens with one attached hydrogen (secondary N) is 1. The van der Waals surface area contributed by atoms with Crippen LogP contribution in [-0.2, 0) is 5.75 Å². The SMILES string of the molecule is CCCN(CCC)c1cc(Cl)nc(SCc2cccc(C(=O)NC(c3ccccc3)c3ccccc3)c2)n1. The molecule has 1 aromatic heterocycles. The molecule has 0 spiro atoms. The second-order valence-electron chi connectivity index (χ2n) is 9.04. The molecule has 0 aliphatic heterocycles. The number of nitrogens with zero attached hydrogens (tertiary/aromatic N) is 3. The molecule has 0 atom stereocenters. The van der Waals surface area contributed by atoms with E-state index < -0.39 is 0 Å². The van der Waals surface area contributed by atoms with Gasteiger partial charge in [0.05, 0.1) is 6.04 Å². The minimum absolute atomic E-state index is 0.120. The Morgan fingerprint density at radius 2 is 1.50 bits per heavy atom. The van der Waals surface area contributed by atoms with Gasteiger partial charge in [-0.25, -0.2) is 9.97 Å². The third kappa shape index (κ3) is 7.59. The van der Waals surface area contributed by atoms with Gasteiger partial charge in [-0.1, -0.05) is 110 Å². The van der Waals surface area contributed by atoms with Crippen LogP contribution in [0.3, 0.4) is 0 Å². The van der Waals surface area contributed by atoms with Crippen molar-refractivity contribution in [3.63, 3.8) is 0 Å². The molecule has 4 rings (SSSR count). The molecule has 0 unspecified atom stereocenters. The summed E-state index contributed by atoms with van der Waals surface area (Å²) in [6.45, 7) is 6.17. The van der Waals surface area contributed by atoms with Crippen molar-refractivity contribution in [2.45, 2.75) is 43.6 Å². The Hall–Kier alpha value is -3.35. The monoisotopic (exact) mass is 544 g/mol. The smallest absolute Gasteiger partial charge is 0.252 e. The largest absolute Gasteiger partial charge is 0.356 e. The average Bonchev–Trinajstić information content (AvgIpc) is 2.95. The Morgan fingerprint density at radius 3 is 2.11 bits per heavy atom. The summed E-state index contributed by atoms with van der Waals surface area (Å²) in [4.78, 5) is 24.8. The normalized spacial score (nSPS) is 10.9. The lowest BCUT2D eigenvalue weighted by atomic mass is 9.98. The maximum Gasteiger partial charge on any atom is 0.252 e. The third-order valence-electron chi connectivity index (χ3n) is 6.07.